The van der Waals surface area contributed by atoms with Gasteiger partial charge in [-0.1, -0.05) is 6.42 Å². The molecule has 92 valence electrons. The van der Waals surface area contributed by atoms with Crippen molar-refractivity contribution in [3.05, 3.63) is 0 Å². The van der Waals surface area contributed by atoms with E-state index in [0.717, 1.165) is 19.4 Å². The number of piperidine rings is 1. The molecule has 1 N–H and O–H groups in total. The summed E-state index contributed by atoms with van der Waals surface area (Å²) in [7, 11) is 0. The van der Waals surface area contributed by atoms with E-state index in [1.165, 1.54) is 19.3 Å². The van der Waals surface area contributed by atoms with Crippen LogP contribution in [0.3, 0.4) is 0 Å². The highest BCUT2D eigenvalue weighted by Crippen LogP contribution is 2.43. The summed E-state index contributed by atoms with van der Waals surface area (Å²) in [6, 6.07) is 0. The Morgan fingerprint density at radius 3 is 2.50 bits per heavy atom. The van der Waals surface area contributed by atoms with Crippen molar-refractivity contribution in [3.63, 3.8) is 0 Å². The van der Waals surface area contributed by atoms with E-state index in [2.05, 4.69) is 5.32 Å². The maximum Gasteiger partial charge on any atom is 0.309 e. The van der Waals surface area contributed by atoms with Crippen LogP contribution in [0.15, 0.2) is 0 Å². The van der Waals surface area contributed by atoms with Gasteiger partial charge in [0.25, 0.3) is 0 Å². The van der Waals surface area contributed by atoms with Crippen LogP contribution in [0.2, 0.25) is 0 Å². The standard InChI is InChI=1S/C13H23NO2/c1-12(2,3)16-11(15)10-8-13(9-10)6-4-5-7-14-13/h10,14H,4-9H2,1-3H3. The van der Waals surface area contributed by atoms with Gasteiger partial charge in [0.15, 0.2) is 0 Å². The van der Waals surface area contributed by atoms with Crippen molar-refractivity contribution in [3.8, 4) is 0 Å². The van der Waals surface area contributed by atoms with Gasteiger partial charge in [0.05, 0.1) is 5.92 Å². The molecule has 0 atom stereocenters. The number of ether oxygens (including phenoxy) is 1. The molecule has 3 heteroatoms. The lowest BCUT2D eigenvalue weighted by molar-refractivity contribution is -0.166. The monoisotopic (exact) mass is 225 g/mol. The third-order valence-corrected chi connectivity index (χ3v) is 3.60. The first-order valence-corrected chi connectivity index (χ1v) is 6.38. The molecule has 0 unspecified atom stereocenters. The predicted molar refractivity (Wildman–Crippen MR) is 63.2 cm³/mol. The lowest BCUT2D eigenvalue weighted by Gasteiger charge is -2.50. The largest absolute Gasteiger partial charge is 0.460 e. The maximum atomic E-state index is 11.8. The van der Waals surface area contributed by atoms with Crippen LogP contribution in [0.4, 0.5) is 0 Å². The number of hydrogen-bond acceptors (Lipinski definition) is 3. The highest BCUT2D eigenvalue weighted by atomic mass is 16.6. The smallest absolute Gasteiger partial charge is 0.309 e. The Balaban J connectivity index is 1.81. The zero-order valence-corrected chi connectivity index (χ0v) is 10.6. The lowest BCUT2D eigenvalue weighted by Crippen LogP contribution is -2.59. The lowest BCUT2D eigenvalue weighted by atomic mass is 9.64. The van der Waals surface area contributed by atoms with E-state index < -0.39 is 0 Å². The van der Waals surface area contributed by atoms with Gasteiger partial charge in [-0.25, -0.2) is 0 Å². The van der Waals surface area contributed by atoms with Crippen LogP contribution >= 0.6 is 0 Å². The summed E-state index contributed by atoms with van der Waals surface area (Å²) in [5.41, 5.74) is -0.0698. The fourth-order valence-corrected chi connectivity index (χ4v) is 2.81. The molecule has 2 fully saturated rings. The molecule has 0 bridgehead atoms. The van der Waals surface area contributed by atoms with Gasteiger partial charge in [-0.05, 0) is 53.0 Å². The molecule has 1 spiro atoms. The van der Waals surface area contributed by atoms with Crippen molar-refractivity contribution in [1.82, 2.24) is 5.32 Å². The normalized spacial score (nSPS) is 34.6. The Bertz CT molecular complexity index is 266. The molecular formula is C13H23NO2. The van der Waals surface area contributed by atoms with Crippen LogP contribution in [-0.2, 0) is 9.53 Å². The second-order valence-electron chi connectivity index (χ2n) is 6.30. The molecule has 1 heterocycles. The number of nitrogens with one attached hydrogen (secondary N) is 1. The molecule has 0 aromatic rings. The number of carbonyl (C=O) groups excluding carboxylic acids is 1. The van der Waals surface area contributed by atoms with Crippen molar-refractivity contribution >= 4 is 5.97 Å². The predicted octanol–water partition coefficient (Wildman–Crippen LogP) is 2.25. The zero-order chi connectivity index (χ0) is 11.8. The molecule has 1 aliphatic carbocycles. The van der Waals surface area contributed by atoms with Gasteiger partial charge in [0, 0.05) is 5.54 Å². The van der Waals surface area contributed by atoms with Crippen LogP contribution < -0.4 is 5.32 Å². The summed E-state index contributed by atoms with van der Waals surface area (Å²) >= 11 is 0. The summed E-state index contributed by atoms with van der Waals surface area (Å²) in [4.78, 5) is 11.8. The molecule has 0 amide bonds. The number of hydrogen-bond donors (Lipinski definition) is 1. The van der Waals surface area contributed by atoms with Crippen molar-refractivity contribution < 1.29 is 9.53 Å². The van der Waals surface area contributed by atoms with Gasteiger partial charge >= 0.3 is 5.97 Å². The minimum absolute atomic E-state index is 0.00880. The highest BCUT2D eigenvalue weighted by Gasteiger charge is 2.48. The SMILES string of the molecule is CC(C)(C)OC(=O)C1CC2(CCCCN2)C1. The van der Waals surface area contributed by atoms with E-state index in [-0.39, 0.29) is 23.0 Å². The first-order chi connectivity index (χ1) is 7.40. The third kappa shape index (κ3) is 2.57. The van der Waals surface area contributed by atoms with E-state index in [4.69, 9.17) is 4.74 Å². The zero-order valence-electron chi connectivity index (χ0n) is 10.6. The molecule has 3 nitrogen and oxygen atoms in total. The van der Waals surface area contributed by atoms with E-state index in [1.807, 2.05) is 20.8 Å². The minimum atomic E-state index is -0.347. The van der Waals surface area contributed by atoms with Crippen LogP contribution in [0, 0.1) is 5.92 Å². The third-order valence-electron chi connectivity index (χ3n) is 3.60. The van der Waals surface area contributed by atoms with Gasteiger partial charge in [-0.2, -0.15) is 0 Å². The van der Waals surface area contributed by atoms with Crippen LogP contribution in [0.5, 0.6) is 0 Å². The van der Waals surface area contributed by atoms with E-state index in [0.29, 0.717) is 0 Å². The summed E-state index contributed by atoms with van der Waals surface area (Å²) in [5.74, 6) is 0.121. The molecule has 1 aliphatic heterocycles. The summed E-state index contributed by atoms with van der Waals surface area (Å²) in [5, 5.41) is 3.57. The Labute approximate surface area is 97.9 Å². The van der Waals surface area contributed by atoms with Gasteiger partial charge in [0.2, 0.25) is 0 Å². The highest BCUT2D eigenvalue weighted by molar-refractivity contribution is 5.74. The molecule has 1 saturated carbocycles. The van der Waals surface area contributed by atoms with Crippen LogP contribution in [0.25, 0.3) is 0 Å². The molecule has 2 rings (SSSR count). The second kappa shape index (κ2) is 4.02. The molecule has 2 aliphatic rings. The fourth-order valence-electron chi connectivity index (χ4n) is 2.81. The Morgan fingerprint density at radius 2 is 2.00 bits per heavy atom. The van der Waals surface area contributed by atoms with Crippen molar-refractivity contribution in [1.29, 1.82) is 0 Å². The molecular weight excluding hydrogens is 202 g/mol. The van der Waals surface area contributed by atoms with Crippen LogP contribution in [-0.4, -0.2) is 23.7 Å². The minimum Gasteiger partial charge on any atom is -0.460 e. The molecule has 1 saturated heterocycles. The quantitative estimate of drug-likeness (QED) is 0.696. The molecule has 0 aromatic carbocycles. The number of esters is 1. The Morgan fingerprint density at radius 1 is 1.31 bits per heavy atom. The van der Waals surface area contributed by atoms with E-state index in [1.54, 1.807) is 0 Å². The topological polar surface area (TPSA) is 38.3 Å². The average Bonchev–Trinajstić information content (AvgIpc) is 2.12. The first-order valence-electron chi connectivity index (χ1n) is 6.38. The summed E-state index contributed by atoms with van der Waals surface area (Å²) in [6.07, 6.45) is 5.75. The summed E-state index contributed by atoms with van der Waals surface area (Å²) < 4.78 is 5.41. The Kier molecular flexibility index (Phi) is 2.99. The Hall–Kier alpha value is -0.570. The van der Waals surface area contributed by atoms with Crippen molar-refractivity contribution in [2.75, 3.05) is 6.54 Å². The van der Waals surface area contributed by atoms with Gasteiger partial charge in [-0.15, -0.1) is 0 Å². The molecule has 0 aromatic heterocycles. The maximum absolute atomic E-state index is 11.8. The average molecular weight is 225 g/mol. The van der Waals surface area contributed by atoms with Gasteiger partial charge < -0.3 is 10.1 Å². The van der Waals surface area contributed by atoms with Crippen molar-refractivity contribution in [2.24, 2.45) is 5.92 Å². The number of rotatable bonds is 1. The summed E-state index contributed by atoms with van der Waals surface area (Å²) in [6.45, 7) is 6.90. The van der Waals surface area contributed by atoms with Gasteiger partial charge in [0.1, 0.15) is 5.60 Å². The van der Waals surface area contributed by atoms with E-state index in [9.17, 15) is 4.79 Å². The van der Waals surface area contributed by atoms with Gasteiger partial charge in [-0.3, -0.25) is 4.79 Å². The second-order valence-corrected chi connectivity index (χ2v) is 6.30. The fraction of sp³-hybridized carbons (Fsp3) is 0.923. The van der Waals surface area contributed by atoms with Crippen molar-refractivity contribution in [2.45, 2.75) is 64.0 Å². The first kappa shape index (κ1) is 11.9. The molecule has 0 radical (unpaired) electrons. The van der Waals surface area contributed by atoms with Crippen LogP contribution in [0.1, 0.15) is 52.9 Å². The molecule has 16 heavy (non-hydrogen) atoms. The number of carbonyl (C=O) groups is 1. The van der Waals surface area contributed by atoms with E-state index >= 15 is 0 Å².